The summed E-state index contributed by atoms with van der Waals surface area (Å²) in [5.74, 6) is -0.591. The van der Waals surface area contributed by atoms with Gasteiger partial charge in [0.2, 0.25) is 0 Å². The number of benzene rings is 12. The molecule has 9 heterocycles. The molecule has 4 radical (unpaired) electrons. The van der Waals surface area contributed by atoms with Crippen molar-refractivity contribution in [2.24, 2.45) is 5.41 Å². The standard InChI is InChI=1S/C18H15N2.4C18H14N.C16H18N.C14H14N.C11H8N.4Ir/c1-14-5-8-16(9-6-14)18-10-7-15(13-20-18)12-17-4-2-3-11-19-17;2*1-3-8-15(9-4-1)14-17-12-7-13-19-18(17)16-10-5-2-6-11-16;1-3-7-15(8-4-1)13-16-11-12-19-18(14-16)17-9-5-2-6-10-17;1-3-7-15(8-4-1)13-16-11-12-18(19-14-16)17-9-5-2-6-10-17;1-16(2,3)12-13-9-10-17-15(11-13)14-7-5-4-6-8-14;1-11(2)13-8-9-15-14(10-13)12-6-4-3-5-7-12;1-2-6-10(7-3-1)11-8-4-5-9-12-11;;;;/h2-8,10-11,13H,12H2,1H3;2*1-10,12-13H,14H2;2*1-9,11-12,14H,13H2;4-7,9-11H,12H2,1-3H3;3-6,8-11H,1-2H3;1-6,8-9H;;;;/q8*-1;;;;/i1D3,12D2;2*14D2;2*13D2;12D2;11D;;;;;. The molecule has 13 heteroatoms. The van der Waals surface area contributed by atoms with Crippen LogP contribution < -0.4 is 0 Å². The van der Waals surface area contributed by atoms with E-state index in [4.69, 9.17) is 21.9 Å². The minimum Gasteiger partial charge on any atom is -0.305 e. The molecule has 0 aliphatic carbocycles. The van der Waals surface area contributed by atoms with Gasteiger partial charge in [-0.2, -0.15) is 0 Å². The zero-order chi connectivity index (χ0) is 111. The molecule has 0 atom stereocenters. The van der Waals surface area contributed by atoms with E-state index < -0.39 is 56.4 Å². The SMILES string of the molecule is [2H]C(C)(C)c1ccnc(-c2[c-]cccc2)c1.[2H]C([2H])([2H])c1c[c-]c(-c2ccc(C([2H])([2H])c3ccccn3)cn2)cc1.[2H]C([2H])(c1ccccc1)c1ccc(-c2[c-]cccc2)nc1.[2H]C([2H])(c1ccccc1)c1cccnc1-c1[c-]cccc1.[2H]C([2H])(c1ccccc1)c1cccnc1-c1[c-]cccc1.[2H]C([2H])(c1ccccc1)c1ccnc(-c2[c-]cccc2)c1.[2H]C([2H])(c1ccnc(-c2[c-]cccc2)c1)C(C)(C)C.[Ir].[Ir].[Ir].[Ir].[c-]1ccccc1-c1ccccn1. The van der Waals surface area contributed by atoms with Gasteiger partial charge in [-0.05, 0) is 176 Å². The minimum absolute atomic E-state index is 0. The van der Waals surface area contributed by atoms with E-state index in [0.717, 1.165) is 73.0 Å². The van der Waals surface area contributed by atoms with Crippen molar-refractivity contribution in [1.82, 2.24) is 44.9 Å². The topological polar surface area (TPSA) is 116 Å². The molecule has 0 bridgehead atoms. The number of hydrogen-bond donors (Lipinski definition) is 0. The molecule has 9 aromatic heterocycles. The number of aromatic nitrogens is 9. The Morgan fingerprint density at radius 2 is 0.597 bits per heavy atom. The first-order valence-corrected chi connectivity index (χ1v) is 45.5. The van der Waals surface area contributed by atoms with Gasteiger partial charge in [0.1, 0.15) is 0 Å². The molecule has 21 aromatic rings. The summed E-state index contributed by atoms with van der Waals surface area (Å²) >= 11 is 0. The Morgan fingerprint density at radius 3 is 0.965 bits per heavy atom. The molecular formula is C131H111Ir4N9-8. The van der Waals surface area contributed by atoms with E-state index in [1.54, 1.807) is 183 Å². The Labute approximate surface area is 928 Å². The third-order valence-electron chi connectivity index (χ3n) is 20.3. The molecule has 0 amide bonds. The van der Waals surface area contributed by atoms with Crippen molar-refractivity contribution in [3.8, 4) is 90.1 Å². The molecule has 0 aliphatic heterocycles. The Kier molecular flexibility index (Phi) is 38.3. The second kappa shape index (κ2) is 61.4. The number of nitrogens with zero attached hydrogens (tertiary/aromatic N) is 9. The molecule has 0 unspecified atom stereocenters. The molecule has 0 spiro atoms. The zero-order valence-corrected chi connectivity index (χ0v) is 89.1. The quantitative estimate of drug-likeness (QED) is 0.0688. The second-order valence-corrected chi connectivity index (χ2v) is 32.3. The zero-order valence-electron chi connectivity index (χ0n) is 95.5. The van der Waals surface area contributed by atoms with Crippen molar-refractivity contribution < 1.29 is 102 Å². The van der Waals surface area contributed by atoms with Crippen molar-refractivity contribution >= 4 is 0 Å². The monoisotopic (exact) mass is 2600 g/mol. The third kappa shape index (κ3) is 37.8. The first-order chi connectivity index (χ1) is 74.9. The summed E-state index contributed by atoms with van der Waals surface area (Å²) < 4.78 is 131. The van der Waals surface area contributed by atoms with Crippen LogP contribution >= 0.6 is 0 Å². The summed E-state index contributed by atoms with van der Waals surface area (Å²) in [5.41, 5.74) is 19.7. The van der Waals surface area contributed by atoms with E-state index in [0.29, 0.717) is 84.0 Å². The van der Waals surface area contributed by atoms with E-state index in [1.165, 1.54) is 18.3 Å². The van der Waals surface area contributed by atoms with Crippen LogP contribution in [0.25, 0.3) is 90.1 Å². The second-order valence-electron chi connectivity index (χ2n) is 32.3. The first kappa shape index (κ1) is 89.7. The maximum absolute atomic E-state index is 8.51. The normalized spacial score (nSPS) is 12.6. The van der Waals surface area contributed by atoms with E-state index in [9.17, 15) is 0 Å². The number of hydrogen-bond acceptors (Lipinski definition) is 9. The predicted octanol–water partition coefficient (Wildman–Crippen LogP) is 30.7. The van der Waals surface area contributed by atoms with Gasteiger partial charge in [-0.3, -0.25) is 4.98 Å². The molecule has 12 aromatic carbocycles. The Hall–Kier alpha value is -14.4. The van der Waals surface area contributed by atoms with Crippen LogP contribution in [0.15, 0.2) is 486 Å². The van der Waals surface area contributed by atoms with Crippen molar-refractivity contribution in [1.29, 1.82) is 0 Å². The fourth-order valence-electron chi connectivity index (χ4n) is 13.6. The van der Waals surface area contributed by atoms with E-state index in [2.05, 4.69) is 93.4 Å². The molecule has 0 saturated carbocycles. The predicted molar refractivity (Wildman–Crippen MR) is 574 cm³/mol. The molecule has 0 saturated heterocycles. The van der Waals surface area contributed by atoms with Crippen LogP contribution in [-0.2, 0) is 119 Å². The Bertz CT molecular complexity index is 7760. The molecule has 0 aliphatic rings. The molecule has 144 heavy (non-hydrogen) atoms. The van der Waals surface area contributed by atoms with Crippen LogP contribution in [0.3, 0.4) is 0 Å². The largest absolute Gasteiger partial charge is 0.305 e. The summed E-state index contributed by atoms with van der Waals surface area (Å²) in [6.07, 6.45) is 5.38. The van der Waals surface area contributed by atoms with Gasteiger partial charge in [0.25, 0.3) is 0 Å². The number of aryl methyl sites for hydroxylation is 1. The van der Waals surface area contributed by atoms with Gasteiger partial charge in [0, 0.05) is 170 Å². The van der Waals surface area contributed by atoms with E-state index in [1.807, 2.05) is 320 Å². The maximum atomic E-state index is 8.51. The van der Waals surface area contributed by atoms with Crippen LogP contribution in [0, 0.1) is 60.8 Å². The van der Waals surface area contributed by atoms with Crippen LogP contribution in [0.5, 0.6) is 0 Å². The molecule has 9 nitrogen and oxygen atoms in total. The average Bonchev–Trinajstić information content (AvgIpc) is 0.769. The van der Waals surface area contributed by atoms with Crippen molar-refractivity contribution in [2.45, 2.75) is 85.6 Å². The fraction of sp³-hybridized carbons (Fsp3) is 0.107. The van der Waals surface area contributed by atoms with Crippen molar-refractivity contribution in [3.63, 3.8) is 0 Å². The molecule has 724 valence electrons. The summed E-state index contributed by atoms with van der Waals surface area (Å²) in [7, 11) is 0. The summed E-state index contributed by atoms with van der Waals surface area (Å²) in [6, 6.07) is 155. The average molecular weight is 2600 g/mol. The van der Waals surface area contributed by atoms with Gasteiger partial charge >= 0.3 is 0 Å². The molecule has 0 N–H and O–H groups in total. The van der Waals surface area contributed by atoms with Crippen LogP contribution in [-0.4, -0.2) is 44.9 Å². The molecule has 21 rings (SSSR count). The van der Waals surface area contributed by atoms with Gasteiger partial charge < -0.3 is 39.9 Å². The van der Waals surface area contributed by atoms with Crippen molar-refractivity contribution in [2.75, 3.05) is 0 Å². The summed E-state index contributed by atoms with van der Waals surface area (Å²) in [6.45, 7) is 7.30. The number of rotatable bonds is 20. The van der Waals surface area contributed by atoms with Gasteiger partial charge in [-0.15, -0.1) is 287 Å². The first-order valence-electron chi connectivity index (χ1n) is 53.5. The van der Waals surface area contributed by atoms with Crippen molar-refractivity contribution in [3.05, 3.63) is 607 Å². The van der Waals surface area contributed by atoms with Gasteiger partial charge in [0.05, 0.1) is 0 Å². The molecular weight excluding hydrogens is 2470 g/mol. The number of pyridine rings is 9. The van der Waals surface area contributed by atoms with E-state index in [-0.39, 0.29) is 86.0 Å². The third-order valence-corrected chi connectivity index (χ3v) is 20.3. The van der Waals surface area contributed by atoms with Crippen LogP contribution in [0.2, 0.25) is 0 Å². The molecule has 0 fully saturated rings. The van der Waals surface area contributed by atoms with Gasteiger partial charge in [-0.1, -0.05) is 258 Å². The van der Waals surface area contributed by atoms with Gasteiger partial charge in [-0.25, -0.2) is 0 Å². The van der Waals surface area contributed by atoms with Crippen LogP contribution in [0.4, 0.5) is 0 Å². The van der Waals surface area contributed by atoms with E-state index >= 15 is 0 Å². The fourth-order valence-corrected chi connectivity index (χ4v) is 13.6. The summed E-state index contributed by atoms with van der Waals surface area (Å²) in [5, 5.41) is 0. The van der Waals surface area contributed by atoms with Crippen LogP contribution in [0.1, 0.15) is 135 Å². The maximum Gasteiger partial charge on any atom is 0.0447 e. The van der Waals surface area contributed by atoms with Gasteiger partial charge in [0.15, 0.2) is 0 Å². The Balaban J connectivity index is 0.000000186. The summed E-state index contributed by atoms with van der Waals surface area (Å²) in [4.78, 5) is 38.6. The smallest absolute Gasteiger partial charge is 0.0447 e. The Morgan fingerprint density at radius 1 is 0.257 bits per heavy atom. The minimum atomic E-state index is -2.16.